The molecular weight excluding hydrogens is 294 g/mol. The minimum absolute atomic E-state index is 0.0736. The second kappa shape index (κ2) is 4.92. The van der Waals surface area contributed by atoms with Crippen LogP contribution in [0.1, 0.15) is 22.5 Å². The summed E-state index contributed by atoms with van der Waals surface area (Å²) in [6, 6.07) is 7.41. The van der Waals surface area contributed by atoms with E-state index in [0.717, 1.165) is 27.1 Å². The number of nitriles is 1. The van der Waals surface area contributed by atoms with Crippen LogP contribution in [0.5, 0.6) is 0 Å². The van der Waals surface area contributed by atoms with Crippen molar-refractivity contribution < 1.29 is 5.11 Å². The summed E-state index contributed by atoms with van der Waals surface area (Å²) >= 11 is 3.47. The number of hydrogen-bond acceptors (Lipinski definition) is 3. The summed E-state index contributed by atoms with van der Waals surface area (Å²) < 4.78 is 2.68. The molecule has 0 spiro atoms. The minimum Gasteiger partial charge on any atom is -0.392 e. The van der Waals surface area contributed by atoms with E-state index in [4.69, 9.17) is 5.11 Å². The van der Waals surface area contributed by atoms with Crippen LogP contribution in [-0.2, 0) is 6.61 Å². The van der Waals surface area contributed by atoms with Gasteiger partial charge in [0.2, 0.25) is 0 Å². The summed E-state index contributed by atoms with van der Waals surface area (Å²) in [6.07, 6.45) is 0. The molecule has 0 aliphatic carbocycles. The predicted molar refractivity (Wildman–Crippen MR) is 71.4 cm³/mol. The van der Waals surface area contributed by atoms with Crippen LogP contribution >= 0.6 is 15.9 Å². The van der Waals surface area contributed by atoms with Crippen LogP contribution in [0.15, 0.2) is 22.7 Å². The third kappa shape index (κ3) is 2.05. The van der Waals surface area contributed by atoms with Crippen molar-refractivity contribution in [3.63, 3.8) is 0 Å². The highest BCUT2D eigenvalue weighted by Gasteiger charge is 2.13. The van der Waals surface area contributed by atoms with E-state index < -0.39 is 0 Å². The van der Waals surface area contributed by atoms with Gasteiger partial charge in [0.25, 0.3) is 0 Å². The number of nitrogens with zero attached hydrogens (tertiary/aromatic N) is 3. The van der Waals surface area contributed by atoms with Gasteiger partial charge in [-0.3, -0.25) is 0 Å². The van der Waals surface area contributed by atoms with Crippen LogP contribution in [0, 0.1) is 25.2 Å². The van der Waals surface area contributed by atoms with Crippen molar-refractivity contribution in [3.8, 4) is 11.8 Å². The molecule has 0 aliphatic heterocycles. The van der Waals surface area contributed by atoms with Crippen molar-refractivity contribution in [3.05, 3.63) is 45.2 Å². The smallest absolute Gasteiger partial charge is 0.101 e. The maximum Gasteiger partial charge on any atom is 0.101 e. The molecule has 92 valence electrons. The van der Waals surface area contributed by atoms with E-state index in [1.807, 2.05) is 13.8 Å². The molecule has 4 nitrogen and oxygen atoms in total. The lowest BCUT2D eigenvalue weighted by atomic mass is 10.1. The third-order valence-electron chi connectivity index (χ3n) is 2.80. The maximum atomic E-state index is 9.18. The monoisotopic (exact) mass is 305 g/mol. The highest BCUT2D eigenvalue weighted by atomic mass is 79.9. The van der Waals surface area contributed by atoms with E-state index in [9.17, 15) is 5.26 Å². The lowest BCUT2D eigenvalue weighted by Crippen LogP contribution is -2.02. The fourth-order valence-corrected chi connectivity index (χ4v) is 2.06. The molecule has 0 saturated heterocycles. The van der Waals surface area contributed by atoms with Crippen molar-refractivity contribution >= 4 is 15.9 Å². The third-order valence-corrected chi connectivity index (χ3v) is 3.94. The zero-order chi connectivity index (χ0) is 13.3. The van der Waals surface area contributed by atoms with Crippen molar-refractivity contribution in [2.24, 2.45) is 0 Å². The molecule has 0 atom stereocenters. The fraction of sp³-hybridized carbons (Fsp3) is 0.231. The van der Waals surface area contributed by atoms with E-state index in [2.05, 4.69) is 27.1 Å². The molecule has 2 rings (SSSR count). The van der Waals surface area contributed by atoms with Gasteiger partial charge < -0.3 is 5.11 Å². The van der Waals surface area contributed by atoms with Gasteiger partial charge in [-0.1, -0.05) is 6.07 Å². The van der Waals surface area contributed by atoms with Crippen molar-refractivity contribution in [1.82, 2.24) is 9.78 Å². The lowest BCUT2D eigenvalue weighted by molar-refractivity contribution is 0.282. The summed E-state index contributed by atoms with van der Waals surface area (Å²) in [7, 11) is 0. The quantitative estimate of drug-likeness (QED) is 0.927. The summed E-state index contributed by atoms with van der Waals surface area (Å²) in [5, 5.41) is 22.7. The number of aliphatic hydroxyl groups is 1. The van der Waals surface area contributed by atoms with Crippen LogP contribution in [-0.4, -0.2) is 14.9 Å². The molecule has 18 heavy (non-hydrogen) atoms. The lowest BCUT2D eigenvalue weighted by Gasteiger charge is -2.08. The number of aliphatic hydroxyl groups excluding tert-OH is 1. The number of halogens is 1. The molecule has 0 aliphatic rings. The first kappa shape index (κ1) is 12.8. The van der Waals surface area contributed by atoms with Gasteiger partial charge in [-0.15, -0.1) is 0 Å². The zero-order valence-electron chi connectivity index (χ0n) is 10.1. The van der Waals surface area contributed by atoms with Crippen LogP contribution in [0.4, 0.5) is 0 Å². The normalized spacial score (nSPS) is 10.4. The second-order valence-corrected chi connectivity index (χ2v) is 4.81. The Morgan fingerprint density at radius 1 is 1.44 bits per heavy atom. The molecule has 0 unspecified atom stereocenters. The van der Waals surface area contributed by atoms with Crippen molar-refractivity contribution in [1.29, 1.82) is 5.26 Å². The van der Waals surface area contributed by atoms with Crippen molar-refractivity contribution in [2.45, 2.75) is 20.5 Å². The van der Waals surface area contributed by atoms with Gasteiger partial charge in [-0.05, 0) is 47.5 Å². The Balaban J connectivity index is 2.64. The van der Waals surface area contributed by atoms with Gasteiger partial charge in [0.1, 0.15) is 6.07 Å². The van der Waals surface area contributed by atoms with E-state index in [1.54, 1.807) is 22.9 Å². The predicted octanol–water partition coefficient (Wildman–Crippen LogP) is 2.62. The molecule has 1 heterocycles. The molecule has 1 N–H and O–H groups in total. The fourth-order valence-electron chi connectivity index (χ4n) is 1.81. The van der Waals surface area contributed by atoms with Crippen LogP contribution < -0.4 is 0 Å². The Kier molecular flexibility index (Phi) is 3.50. The number of rotatable bonds is 2. The molecule has 5 heteroatoms. The molecule has 0 saturated carbocycles. The molecule has 0 bridgehead atoms. The highest BCUT2D eigenvalue weighted by molar-refractivity contribution is 9.10. The topological polar surface area (TPSA) is 61.8 Å². The number of aromatic nitrogens is 2. The molecule has 1 aromatic carbocycles. The Bertz CT molecular complexity index is 640. The molecular formula is C13H12BrN3O. The SMILES string of the molecule is Cc1nn(-c2ccc(CO)cc2C#N)c(C)c1Br. The van der Waals surface area contributed by atoms with Gasteiger partial charge in [0.05, 0.1) is 33.7 Å². The molecule has 1 aromatic heterocycles. The zero-order valence-corrected chi connectivity index (χ0v) is 11.7. The first-order valence-electron chi connectivity index (χ1n) is 5.44. The second-order valence-electron chi connectivity index (χ2n) is 4.02. The average molecular weight is 306 g/mol. The summed E-state index contributed by atoms with van der Waals surface area (Å²) in [4.78, 5) is 0. The van der Waals surface area contributed by atoms with Crippen LogP contribution in [0.2, 0.25) is 0 Å². The Morgan fingerprint density at radius 2 is 2.17 bits per heavy atom. The van der Waals surface area contributed by atoms with Gasteiger partial charge in [0.15, 0.2) is 0 Å². The van der Waals surface area contributed by atoms with Gasteiger partial charge >= 0.3 is 0 Å². The Morgan fingerprint density at radius 3 is 2.67 bits per heavy atom. The Labute approximate surface area is 114 Å². The average Bonchev–Trinajstić information content (AvgIpc) is 2.65. The molecule has 2 aromatic rings. The van der Waals surface area contributed by atoms with E-state index in [-0.39, 0.29) is 6.61 Å². The standard InChI is InChI=1S/C13H12BrN3O/c1-8-13(14)9(2)17(16-8)12-4-3-10(7-18)5-11(12)6-15/h3-5,18H,7H2,1-2H3. The molecule has 0 amide bonds. The summed E-state index contributed by atoms with van der Waals surface area (Å²) in [6.45, 7) is 3.77. The van der Waals surface area contributed by atoms with Crippen LogP contribution in [0.3, 0.4) is 0 Å². The van der Waals surface area contributed by atoms with E-state index in [0.29, 0.717) is 5.56 Å². The minimum atomic E-state index is -0.0736. The number of benzene rings is 1. The van der Waals surface area contributed by atoms with E-state index in [1.165, 1.54) is 0 Å². The Hall–Kier alpha value is -1.64. The first-order valence-corrected chi connectivity index (χ1v) is 6.23. The van der Waals surface area contributed by atoms with E-state index >= 15 is 0 Å². The van der Waals surface area contributed by atoms with Gasteiger partial charge in [-0.2, -0.15) is 10.4 Å². The number of hydrogen-bond donors (Lipinski definition) is 1. The molecule has 0 fully saturated rings. The van der Waals surface area contributed by atoms with Gasteiger partial charge in [0, 0.05) is 0 Å². The van der Waals surface area contributed by atoms with Gasteiger partial charge in [-0.25, -0.2) is 4.68 Å². The molecule has 0 radical (unpaired) electrons. The maximum absolute atomic E-state index is 9.18. The summed E-state index contributed by atoms with van der Waals surface area (Å²) in [5.41, 5.74) is 3.76. The van der Waals surface area contributed by atoms with Crippen LogP contribution in [0.25, 0.3) is 5.69 Å². The largest absolute Gasteiger partial charge is 0.392 e. The summed E-state index contributed by atoms with van der Waals surface area (Å²) in [5.74, 6) is 0. The van der Waals surface area contributed by atoms with Crippen molar-refractivity contribution in [2.75, 3.05) is 0 Å². The first-order chi connectivity index (χ1) is 8.58. The highest BCUT2D eigenvalue weighted by Crippen LogP contribution is 2.25. The number of aryl methyl sites for hydroxylation is 1.